The Bertz CT molecular complexity index is 718. The van der Waals surface area contributed by atoms with E-state index in [2.05, 4.69) is 12.2 Å². The molecule has 0 saturated carbocycles. The quantitative estimate of drug-likeness (QED) is 0.623. The molecule has 0 heterocycles. The number of benzene rings is 2. The lowest BCUT2D eigenvalue weighted by Gasteiger charge is -2.17. The minimum absolute atomic E-state index is 0.00294. The summed E-state index contributed by atoms with van der Waals surface area (Å²) in [5.41, 5.74) is 2.02. The summed E-state index contributed by atoms with van der Waals surface area (Å²) in [6.07, 6.45) is 1.08. The van der Waals surface area contributed by atoms with E-state index in [1.165, 1.54) is 7.11 Å². The standard InChI is InChI=1S/C20H25NO4S/c1-3-26-19(15-6-9-17(23)18(12-15)25-2)13-20(24)21-11-10-14-4-7-16(22)8-5-14/h4-9,12,19,22-23H,3,10-11,13H2,1-2H3,(H,21,24)/t19-/m1/s1. The third kappa shape index (κ3) is 5.88. The number of carbonyl (C=O) groups excluding carboxylic acids is 1. The van der Waals surface area contributed by atoms with Crippen molar-refractivity contribution in [3.63, 3.8) is 0 Å². The van der Waals surface area contributed by atoms with Crippen LogP contribution in [-0.4, -0.2) is 35.5 Å². The van der Waals surface area contributed by atoms with Crippen LogP contribution >= 0.6 is 11.8 Å². The van der Waals surface area contributed by atoms with Gasteiger partial charge in [0.15, 0.2) is 11.5 Å². The van der Waals surface area contributed by atoms with Gasteiger partial charge in [-0.05, 0) is 47.6 Å². The molecule has 0 aromatic heterocycles. The molecule has 0 bridgehead atoms. The largest absolute Gasteiger partial charge is 0.508 e. The van der Waals surface area contributed by atoms with Gasteiger partial charge in [0.1, 0.15) is 5.75 Å². The van der Waals surface area contributed by atoms with E-state index in [0.717, 1.165) is 16.9 Å². The summed E-state index contributed by atoms with van der Waals surface area (Å²) in [6, 6.07) is 12.2. The second kappa shape index (κ2) is 9.97. The van der Waals surface area contributed by atoms with Crippen molar-refractivity contribution in [1.82, 2.24) is 5.32 Å². The summed E-state index contributed by atoms with van der Waals surface area (Å²) in [5, 5.41) is 22.0. The zero-order chi connectivity index (χ0) is 18.9. The molecule has 0 spiro atoms. The minimum atomic E-state index is -0.0122. The molecule has 0 aliphatic rings. The number of phenols is 2. The molecule has 0 aliphatic carbocycles. The molecular formula is C20H25NO4S. The Hall–Kier alpha value is -2.34. The fourth-order valence-corrected chi connectivity index (χ4v) is 3.63. The number of aromatic hydroxyl groups is 2. The van der Waals surface area contributed by atoms with E-state index in [-0.39, 0.29) is 22.7 Å². The minimum Gasteiger partial charge on any atom is -0.508 e. The van der Waals surface area contributed by atoms with Crippen LogP contribution < -0.4 is 10.1 Å². The molecule has 1 atom stereocenters. The second-order valence-electron chi connectivity index (χ2n) is 5.85. The predicted octanol–water partition coefficient (Wildman–Crippen LogP) is 3.65. The van der Waals surface area contributed by atoms with Gasteiger partial charge in [0.25, 0.3) is 0 Å². The van der Waals surface area contributed by atoms with Gasteiger partial charge in [-0.25, -0.2) is 0 Å². The first-order valence-electron chi connectivity index (χ1n) is 8.56. The average molecular weight is 375 g/mol. The third-order valence-corrected chi connectivity index (χ3v) is 5.16. The maximum absolute atomic E-state index is 12.3. The molecule has 0 saturated heterocycles. The molecule has 140 valence electrons. The molecular weight excluding hydrogens is 350 g/mol. The number of amides is 1. The molecule has 3 N–H and O–H groups in total. The first-order valence-corrected chi connectivity index (χ1v) is 9.61. The molecule has 1 amide bonds. The Labute approximate surface area is 158 Å². The Morgan fingerprint density at radius 3 is 2.58 bits per heavy atom. The normalized spacial score (nSPS) is 11.8. The van der Waals surface area contributed by atoms with Gasteiger partial charge in [-0.1, -0.05) is 25.1 Å². The van der Waals surface area contributed by atoms with Crippen LogP contribution in [0, 0.1) is 0 Å². The Morgan fingerprint density at radius 2 is 1.92 bits per heavy atom. The van der Waals surface area contributed by atoms with E-state index >= 15 is 0 Å². The van der Waals surface area contributed by atoms with Gasteiger partial charge < -0.3 is 20.3 Å². The number of methoxy groups -OCH3 is 1. The monoisotopic (exact) mass is 375 g/mol. The zero-order valence-electron chi connectivity index (χ0n) is 15.1. The van der Waals surface area contributed by atoms with Gasteiger partial charge in [-0.15, -0.1) is 0 Å². The molecule has 0 aliphatic heterocycles. The van der Waals surface area contributed by atoms with Crippen molar-refractivity contribution in [3.8, 4) is 17.2 Å². The third-order valence-electron chi connectivity index (χ3n) is 3.99. The van der Waals surface area contributed by atoms with Crippen LogP contribution in [0.2, 0.25) is 0 Å². The molecule has 2 rings (SSSR count). The molecule has 5 nitrogen and oxygen atoms in total. The Balaban J connectivity index is 1.91. The highest BCUT2D eigenvalue weighted by molar-refractivity contribution is 7.99. The molecule has 0 unspecified atom stereocenters. The zero-order valence-corrected chi connectivity index (χ0v) is 15.9. The SMILES string of the molecule is CCS[C@H](CC(=O)NCCc1ccc(O)cc1)c1ccc(O)c(OC)c1. The highest BCUT2D eigenvalue weighted by Crippen LogP contribution is 2.36. The van der Waals surface area contributed by atoms with Crippen molar-refractivity contribution >= 4 is 17.7 Å². The van der Waals surface area contributed by atoms with Gasteiger partial charge in [-0.3, -0.25) is 4.79 Å². The van der Waals surface area contributed by atoms with Crippen LogP contribution in [0.15, 0.2) is 42.5 Å². The smallest absolute Gasteiger partial charge is 0.221 e. The van der Waals surface area contributed by atoms with E-state index in [1.54, 1.807) is 36.0 Å². The summed E-state index contributed by atoms with van der Waals surface area (Å²) in [7, 11) is 1.51. The Morgan fingerprint density at radius 1 is 1.19 bits per heavy atom. The summed E-state index contributed by atoms with van der Waals surface area (Å²) >= 11 is 1.69. The molecule has 2 aromatic rings. The van der Waals surface area contributed by atoms with E-state index in [9.17, 15) is 15.0 Å². The number of carbonyl (C=O) groups is 1. The number of nitrogens with one attached hydrogen (secondary N) is 1. The van der Waals surface area contributed by atoms with E-state index in [1.807, 2.05) is 18.2 Å². The fourth-order valence-electron chi connectivity index (χ4n) is 2.62. The van der Waals surface area contributed by atoms with Crippen molar-refractivity contribution in [2.24, 2.45) is 0 Å². The highest BCUT2D eigenvalue weighted by Gasteiger charge is 2.17. The molecule has 6 heteroatoms. The van der Waals surface area contributed by atoms with Crippen LogP contribution in [0.3, 0.4) is 0 Å². The second-order valence-corrected chi connectivity index (χ2v) is 7.33. The predicted molar refractivity (Wildman–Crippen MR) is 105 cm³/mol. The topological polar surface area (TPSA) is 78.8 Å². The molecule has 26 heavy (non-hydrogen) atoms. The molecule has 0 radical (unpaired) electrons. The highest BCUT2D eigenvalue weighted by atomic mass is 32.2. The average Bonchev–Trinajstić information content (AvgIpc) is 2.63. The number of hydrogen-bond acceptors (Lipinski definition) is 5. The lowest BCUT2D eigenvalue weighted by Crippen LogP contribution is -2.26. The Kier molecular flexibility index (Phi) is 7.66. The number of rotatable bonds is 9. The van der Waals surface area contributed by atoms with Gasteiger partial charge in [0, 0.05) is 18.2 Å². The van der Waals surface area contributed by atoms with Crippen LogP contribution in [0.5, 0.6) is 17.2 Å². The van der Waals surface area contributed by atoms with Gasteiger partial charge in [0.05, 0.1) is 7.11 Å². The number of phenolic OH excluding ortho intramolecular Hbond substituents is 2. The van der Waals surface area contributed by atoms with Gasteiger partial charge in [-0.2, -0.15) is 11.8 Å². The molecule has 2 aromatic carbocycles. The number of thioether (sulfide) groups is 1. The van der Waals surface area contributed by atoms with Crippen LogP contribution in [0.25, 0.3) is 0 Å². The van der Waals surface area contributed by atoms with Gasteiger partial charge >= 0.3 is 0 Å². The van der Waals surface area contributed by atoms with Crippen molar-refractivity contribution in [2.45, 2.75) is 25.0 Å². The lowest BCUT2D eigenvalue weighted by atomic mass is 10.1. The van der Waals surface area contributed by atoms with Crippen LogP contribution in [0.1, 0.15) is 29.7 Å². The van der Waals surface area contributed by atoms with E-state index < -0.39 is 0 Å². The fraction of sp³-hybridized carbons (Fsp3) is 0.350. The first-order chi connectivity index (χ1) is 12.5. The first kappa shape index (κ1) is 20.0. The van der Waals surface area contributed by atoms with E-state index in [0.29, 0.717) is 25.1 Å². The van der Waals surface area contributed by atoms with Crippen molar-refractivity contribution in [3.05, 3.63) is 53.6 Å². The molecule has 0 fully saturated rings. The van der Waals surface area contributed by atoms with Crippen LogP contribution in [0.4, 0.5) is 0 Å². The number of ether oxygens (including phenoxy) is 1. The maximum atomic E-state index is 12.3. The van der Waals surface area contributed by atoms with Crippen molar-refractivity contribution in [2.75, 3.05) is 19.4 Å². The summed E-state index contributed by atoms with van der Waals surface area (Å²) in [4.78, 5) is 12.3. The van der Waals surface area contributed by atoms with Crippen LogP contribution in [-0.2, 0) is 11.2 Å². The van der Waals surface area contributed by atoms with Crippen molar-refractivity contribution in [1.29, 1.82) is 0 Å². The maximum Gasteiger partial charge on any atom is 0.221 e. The van der Waals surface area contributed by atoms with Gasteiger partial charge in [0.2, 0.25) is 5.91 Å². The van der Waals surface area contributed by atoms with E-state index in [4.69, 9.17) is 4.74 Å². The number of hydrogen-bond donors (Lipinski definition) is 3. The summed E-state index contributed by atoms with van der Waals surface area (Å²) in [6.45, 7) is 2.60. The lowest BCUT2D eigenvalue weighted by molar-refractivity contribution is -0.121. The van der Waals surface area contributed by atoms with Crippen molar-refractivity contribution < 1.29 is 19.7 Å². The summed E-state index contributed by atoms with van der Waals surface area (Å²) < 4.78 is 5.16. The summed E-state index contributed by atoms with van der Waals surface area (Å²) in [5.74, 6) is 1.62.